The second-order valence-corrected chi connectivity index (χ2v) is 5.29. The highest BCUT2D eigenvalue weighted by Crippen LogP contribution is 2.54. The average Bonchev–Trinajstić information content (AvgIpc) is 2.12. The van der Waals surface area contributed by atoms with Crippen molar-refractivity contribution in [2.24, 2.45) is 0 Å². The maximum Gasteiger partial charge on any atom is 0.438 e. The fraction of sp³-hybridized carbons (Fsp3) is 1.00. The zero-order valence-corrected chi connectivity index (χ0v) is 10.5. The zero-order valence-electron chi connectivity index (χ0n) is 9.68. The summed E-state index contributed by atoms with van der Waals surface area (Å²) < 4.78 is 133. The first-order chi connectivity index (χ1) is 8.42. The lowest BCUT2D eigenvalue weighted by Gasteiger charge is -2.35. The van der Waals surface area contributed by atoms with E-state index in [4.69, 9.17) is 4.55 Å². The molecule has 1 N–H and O–H groups in total. The van der Waals surface area contributed by atoms with Gasteiger partial charge < -0.3 is 4.74 Å². The van der Waals surface area contributed by atoms with Crippen LogP contribution in [-0.2, 0) is 14.9 Å². The first kappa shape index (κ1) is 19.3. The molecule has 0 aliphatic rings. The predicted octanol–water partition coefficient (Wildman–Crippen LogP) is 2.76. The van der Waals surface area contributed by atoms with Gasteiger partial charge in [0.15, 0.2) is 0 Å². The van der Waals surface area contributed by atoms with Gasteiger partial charge in [0.25, 0.3) is 0 Å². The number of alkyl halides is 8. The van der Waals surface area contributed by atoms with Crippen molar-refractivity contribution in [1.82, 2.24) is 0 Å². The number of hydrogen-bond acceptors (Lipinski definition) is 3. The van der Waals surface area contributed by atoms with Crippen LogP contribution in [0.1, 0.15) is 13.8 Å². The van der Waals surface area contributed by atoms with Crippen LogP contribution < -0.4 is 0 Å². The third-order valence-electron chi connectivity index (χ3n) is 1.83. The molecule has 0 fully saturated rings. The van der Waals surface area contributed by atoms with Crippen LogP contribution in [-0.4, -0.2) is 42.3 Å². The van der Waals surface area contributed by atoms with Gasteiger partial charge in [0.1, 0.15) is 0 Å². The van der Waals surface area contributed by atoms with E-state index in [9.17, 15) is 43.5 Å². The summed E-state index contributed by atoms with van der Waals surface area (Å²) in [6.45, 7) is 1.42. The van der Waals surface area contributed by atoms with E-state index >= 15 is 0 Å². The van der Waals surface area contributed by atoms with Gasteiger partial charge in [-0.25, -0.2) is 0 Å². The Bertz CT molecular complexity index is 457. The van der Waals surface area contributed by atoms with Crippen molar-refractivity contribution in [1.29, 1.82) is 0 Å². The highest BCUT2D eigenvalue weighted by Gasteiger charge is 2.85. The first-order valence-corrected chi connectivity index (χ1v) is 6.02. The molecule has 0 aromatic rings. The summed E-state index contributed by atoms with van der Waals surface area (Å²) in [6, 6.07) is 0. The SMILES string of the molecule is CC(C)OC(F)(F)C(F)(F)C(F)(F)C(F)(F)S(=O)(=O)O. The van der Waals surface area contributed by atoms with Gasteiger partial charge in [0.2, 0.25) is 0 Å². The molecule has 0 saturated carbocycles. The summed E-state index contributed by atoms with van der Waals surface area (Å²) in [5, 5.41) is -6.85. The van der Waals surface area contributed by atoms with E-state index in [0.29, 0.717) is 13.8 Å². The monoisotopic (exact) mass is 340 g/mol. The third-order valence-corrected chi connectivity index (χ3v) is 2.74. The van der Waals surface area contributed by atoms with E-state index in [1.54, 1.807) is 0 Å². The summed E-state index contributed by atoms with van der Waals surface area (Å²) in [4.78, 5) is 0. The van der Waals surface area contributed by atoms with Crippen LogP contribution in [0.4, 0.5) is 35.1 Å². The lowest BCUT2D eigenvalue weighted by atomic mass is 10.1. The minimum absolute atomic E-state index is 0.711. The predicted molar refractivity (Wildman–Crippen MR) is 47.6 cm³/mol. The molecule has 20 heavy (non-hydrogen) atoms. The maximum atomic E-state index is 12.9. The van der Waals surface area contributed by atoms with Crippen LogP contribution in [0.15, 0.2) is 0 Å². The van der Waals surface area contributed by atoms with Gasteiger partial charge in [-0.15, -0.1) is 0 Å². The maximum absolute atomic E-state index is 12.9. The molecule has 0 spiro atoms. The molecule has 0 unspecified atom stereocenters. The van der Waals surface area contributed by atoms with Gasteiger partial charge in [-0.3, -0.25) is 4.55 Å². The second kappa shape index (κ2) is 4.94. The Morgan fingerprint density at radius 3 is 1.50 bits per heavy atom. The van der Waals surface area contributed by atoms with Crippen LogP contribution in [0.5, 0.6) is 0 Å². The number of halogens is 8. The molecular formula is C7H8F8O4S. The van der Waals surface area contributed by atoms with E-state index in [1.807, 2.05) is 0 Å². The highest BCUT2D eigenvalue weighted by molar-refractivity contribution is 7.87. The molecule has 0 radical (unpaired) electrons. The van der Waals surface area contributed by atoms with E-state index in [0.717, 1.165) is 0 Å². The molecule has 0 amide bonds. The molecule has 13 heteroatoms. The molecular weight excluding hydrogens is 332 g/mol. The molecule has 0 heterocycles. The normalized spacial score (nSPS) is 15.8. The minimum atomic E-state index is -7.13. The van der Waals surface area contributed by atoms with Crippen molar-refractivity contribution in [2.45, 2.75) is 43.2 Å². The fourth-order valence-electron chi connectivity index (χ4n) is 0.898. The smallest absolute Gasteiger partial charge is 0.313 e. The van der Waals surface area contributed by atoms with Crippen molar-refractivity contribution >= 4 is 10.1 Å². The third kappa shape index (κ3) is 2.83. The van der Waals surface area contributed by atoms with Crippen LogP contribution >= 0.6 is 0 Å². The summed E-state index contributed by atoms with van der Waals surface area (Å²) in [7, 11) is -7.08. The van der Waals surface area contributed by atoms with E-state index in [2.05, 4.69) is 4.74 Å². The zero-order chi connectivity index (χ0) is 16.8. The summed E-state index contributed by atoms with van der Waals surface area (Å²) in [6.07, 6.45) is -7.88. The number of rotatable bonds is 6. The van der Waals surface area contributed by atoms with Crippen LogP contribution in [0.25, 0.3) is 0 Å². The molecule has 0 rings (SSSR count). The van der Waals surface area contributed by atoms with Crippen molar-refractivity contribution < 1.29 is 52.8 Å². The summed E-state index contributed by atoms with van der Waals surface area (Å²) in [5.74, 6) is -14.0. The molecule has 0 saturated heterocycles. The van der Waals surface area contributed by atoms with Crippen molar-refractivity contribution in [3.63, 3.8) is 0 Å². The second-order valence-electron chi connectivity index (χ2n) is 3.82. The van der Waals surface area contributed by atoms with E-state index < -0.39 is 39.4 Å². The van der Waals surface area contributed by atoms with Crippen LogP contribution in [0.3, 0.4) is 0 Å². The van der Waals surface area contributed by atoms with Crippen LogP contribution in [0, 0.1) is 0 Å². The summed E-state index contributed by atoms with van der Waals surface area (Å²) in [5.41, 5.74) is 0. The first-order valence-electron chi connectivity index (χ1n) is 4.58. The number of hydrogen-bond donors (Lipinski definition) is 1. The fourth-order valence-corrected chi connectivity index (χ4v) is 1.35. The Balaban J connectivity index is 5.93. The Kier molecular flexibility index (Phi) is 4.77. The van der Waals surface area contributed by atoms with E-state index in [1.165, 1.54) is 0 Å². The Morgan fingerprint density at radius 1 is 0.900 bits per heavy atom. The Labute approximate surface area is 107 Å². The number of ether oxygens (including phenoxy) is 1. The molecule has 0 aromatic heterocycles. The van der Waals surface area contributed by atoms with Gasteiger partial charge in [0.05, 0.1) is 6.10 Å². The largest absolute Gasteiger partial charge is 0.438 e. The van der Waals surface area contributed by atoms with Crippen molar-refractivity contribution in [3.8, 4) is 0 Å². The quantitative estimate of drug-likeness (QED) is 0.597. The lowest BCUT2D eigenvalue weighted by Crippen LogP contribution is -2.65. The Hall–Kier alpha value is -0.690. The molecule has 0 aliphatic carbocycles. The molecule has 4 nitrogen and oxygen atoms in total. The average molecular weight is 340 g/mol. The molecule has 122 valence electrons. The molecule has 0 bridgehead atoms. The van der Waals surface area contributed by atoms with Crippen molar-refractivity contribution in [3.05, 3.63) is 0 Å². The van der Waals surface area contributed by atoms with Gasteiger partial charge in [-0.2, -0.15) is 43.5 Å². The van der Waals surface area contributed by atoms with Gasteiger partial charge in [-0.1, -0.05) is 0 Å². The van der Waals surface area contributed by atoms with Crippen LogP contribution in [0.2, 0.25) is 0 Å². The molecule has 0 atom stereocenters. The van der Waals surface area contributed by atoms with Gasteiger partial charge in [-0.05, 0) is 13.8 Å². The molecule has 0 aromatic carbocycles. The molecule has 0 aliphatic heterocycles. The lowest BCUT2D eigenvalue weighted by molar-refractivity contribution is -0.423. The van der Waals surface area contributed by atoms with Crippen molar-refractivity contribution in [2.75, 3.05) is 0 Å². The summed E-state index contributed by atoms with van der Waals surface area (Å²) >= 11 is 0. The topological polar surface area (TPSA) is 63.6 Å². The minimum Gasteiger partial charge on any atom is -0.313 e. The van der Waals surface area contributed by atoms with E-state index in [-0.39, 0.29) is 0 Å². The standard InChI is InChI=1S/C7H8F8O4S/c1-3(2)19-6(12,13)4(8,9)5(10,11)7(14,15)20(16,17)18/h3H,1-2H3,(H,16,17,18). The Morgan fingerprint density at radius 2 is 1.25 bits per heavy atom. The van der Waals surface area contributed by atoms with Gasteiger partial charge >= 0.3 is 33.3 Å². The highest BCUT2D eigenvalue weighted by atomic mass is 32.2. The van der Waals surface area contributed by atoms with Gasteiger partial charge in [0, 0.05) is 0 Å².